The van der Waals surface area contributed by atoms with Crippen molar-refractivity contribution in [1.29, 1.82) is 0 Å². The number of benzene rings is 2. The van der Waals surface area contributed by atoms with Crippen molar-refractivity contribution in [3.63, 3.8) is 0 Å². The van der Waals surface area contributed by atoms with Crippen LogP contribution in [-0.2, 0) is 31.1 Å². The topological polar surface area (TPSA) is 76.0 Å². The molecule has 7 heteroatoms. The number of carbonyl (C=O) groups excluding carboxylic acids is 2. The first-order valence-electron chi connectivity index (χ1n) is 15.7. The summed E-state index contributed by atoms with van der Waals surface area (Å²) < 4.78 is 1.96. The second-order valence-corrected chi connectivity index (χ2v) is 12.9. The van der Waals surface area contributed by atoms with Gasteiger partial charge in [0.15, 0.2) is 5.82 Å². The van der Waals surface area contributed by atoms with Gasteiger partial charge in [-0.3, -0.25) is 4.79 Å². The van der Waals surface area contributed by atoms with Crippen molar-refractivity contribution in [2.75, 3.05) is 17.7 Å². The van der Waals surface area contributed by atoms with Crippen LogP contribution in [0.5, 0.6) is 0 Å². The van der Waals surface area contributed by atoms with Gasteiger partial charge in [0.1, 0.15) is 6.29 Å². The van der Waals surface area contributed by atoms with Crippen LogP contribution < -0.4 is 10.6 Å². The lowest BCUT2D eigenvalue weighted by atomic mass is 9.79. The predicted molar refractivity (Wildman–Crippen MR) is 173 cm³/mol. The van der Waals surface area contributed by atoms with Crippen molar-refractivity contribution in [1.82, 2.24) is 9.55 Å². The van der Waals surface area contributed by atoms with E-state index < -0.39 is 0 Å². The van der Waals surface area contributed by atoms with Gasteiger partial charge in [0.2, 0.25) is 0 Å². The maximum absolute atomic E-state index is 13.6. The third kappa shape index (κ3) is 5.75. The molecule has 1 heterocycles. The van der Waals surface area contributed by atoms with Gasteiger partial charge in [-0.25, -0.2) is 4.98 Å². The average molecular weight is 589 g/mol. The summed E-state index contributed by atoms with van der Waals surface area (Å²) in [6, 6.07) is 11.9. The number of rotatable bonds is 13. The lowest BCUT2D eigenvalue weighted by Gasteiger charge is -2.26. The molecule has 0 aliphatic heterocycles. The number of unbranched alkanes of at least 4 members (excludes halogenated alkanes) is 1. The number of hydrogen-bond donors (Lipinski definition) is 2. The molecule has 2 aromatic carbocycles. The summed E-state index contributed by atoms with van der Waals surface area (Å²) in [6.07, 6.45) is 13.8. The zero-order chi connectivity index (χ0) is 29.9. The molecule has 5 rings (SSSR count). The summed E-state index contributed by atoms with van der Waals surface area (Å²) in [4.78, 5) is 30.1. The average Bonchev–Trinajstić information content (AvgIpc) is 3.67. The number of aldehydes is 1. The first-order valence-corrected chi connectivity index (χ1v) is 16.1. The Morgan fingerprint density at radius 2 is 1.74 bits per heavy atom. The van der Waals surface area contributed by atoms with E-state index in [1.54, 1.807) is 0 Å². The molecule has 224 valence electrons. The first-order chi connectivity index (χ1) is 20.3. The molecule has 2 saturated carbocycles. The van der Waals surface area contributed by atoms with Crippen molar-refractivity contribution in [3.05, 3.63) is 64.2 Å². The number of aryl methyl sites for hydroxylation is 1. The molecule has 0 atom stereocenters. The van der Waals surface area contributed by atoms with E-state index in [2.05, 4.69) is 36.6 Å². The molecule has 0 radical (unpaired) electrons. The number of aromatic nitrogens is 2. The van der Waals surface area contributed by atoms with Crippen LogP contribution in [0.15, 0.2) is 36.4 Å². The Morgan fingerprint density at radius 1 is 1.02 bits per heavy atom. The monoisotopic (exact) mass is 588 g/mol. The number of carbonyl (C=O) groups is 2. The fraction of sp³-hybridized carbons (Fsp3) is 0.514. The van der Waals surface area contributed by atoms with E-state index in [9.17, 15) is 9.59 Å². The number of anilines is 2. The fourth-order valence-electron chi connectivity index (χ4n) is 7.68. The molecule has 0 unspecified atom stereocenters. The molecule has 0 spiro atoms. The molecule has 42 heavy (non-hydrogen) atoms. The third-order valence-electron chi connectivity index (χ3n) is 9.98. The van der Waals surface area contributed by atoms with Crippen LogP contribution >= 0.6 is 11.6 Å². The minimum absolute atomic E-state index is 0.0188. The second kappa shape index (κ2) is 12.6. The van der Waals surface area contributed by atoms with Crippen molar-refractivity contribution in [2.24, 2.45) is 17.9 Å². The molecule has 6 nitrogen and oxygen atoms in total. The maximum atomic E-state index is 13.6. The minimum Gasteiger partial charge on any atom is -0.388 e. The number of nitrogens with zero attached hydrogens (tertiary/aromatic N) is 2. The van der Waals surface area contributed by atoms with E-state index in [0.29, 0.717) is 21.9 Å². The van der Waals surface area contributed by atoms with Crippen LogP contribution in [0.4, 0.5) is 11.4 Å². The molecule has 0 saturated heterocycles. The summed E-state index contributed by atoms with van der Waals surface area (Å²) >= 11 is 6.93. The lowest BCUT2D eigenvalue weighted by molar-refractivity contribution is -0.115. The van der Waals surface area contributed by atoms with Gasteiger partial charge in [-0.05, 0) is 92.9 Å². The van der Waals surface area contributed by atoms with Crippen LogP contribution in [0.2, 0.25) is 5.02 Å². The number of fused-ring (bicyclic) bond motifs is 2. The Balaban J connectivity index is 1.30. The van der Waals surface area contributed by atoms with E-state index in [4.69, 9.17) is 16.6 Å². The Labute approximate surface area is 255 Å². The van der Waals surface area contributed by atoms with Crippen molar-refractivity contribution in [3.8, 4) is 11.1 Å². The summed E-state index contributed by atoms with van der Waals surface area (Å²) in [5.74, 6) is 0.170. The van der Waals surface area contributed by atoms with Crippen molar-refractivity contribution < 1.29 is 9.59 Å². The van der Waals surface area contributed by atoms with Gasteiger partial charge in [-0.1, -0.05) is 62.6 Å². The highest BCUT2D eigenvalue weighted by molar-refractivity contribution is 6.36. The van der Waals surface area contributed by atoms with Gasteiger partial charge in [-0.15, -0.1) is 0 Å². The van der Waals surface area contributed by atoms with Gasteiger partial charge in [0.25, 0.3) is 5.91 Å². The summed E-state index contributed by atoms with van der Waals surface area (Å²) in [5, 5.41) is 6.86. The van der Waals surface area contributed by atoms with Crippen LogP contribution in [0, 0.1) is 10.8 Å². The molecule has 3 aromatic rings. The SMILES string of the molecule is CCCc1c(CCCCC23CCC(C=O)(CC2)C3)nc(C(=O)Nc2cccc(-c3cccc(NC)c3CC)c2Cl)n1C. The van der Waals surface area contributed by atoms with Crippen molar-refractivity contribution >= 4 is 35.2 Å². The van der Waals surface area contributed by atoms with Crippen LogP contribution in [0.25, 0.3) is 11.1 Å². The molecule has 1 aromatic heterocycles. The minimum atomic E-state index is -0.249. The molecule has 2 fully saturated rings. The van der Waals surface area contributed by atoms with Gasteiger partial charge in [-0.2, -0.15) is 0 Å². The quantitative estimate of drug-likeness (QED) is 0.155. The zero-order valence-corrected chi connectivity index (χ0v) is 26.4. The van der Waals surface area contributed by atoms with Gasteiger partial charge >= 0.3 is 0 Å². The molecule has 2 bridgehead atoms. The van der Waals surface area contributed by atoms with Crippen LogP contribution in [0.1, 0.15) is 99.2 Å². The number of hydrogen-bond acceptors (Lipinski definition) is 4. The van der Waals surface area contributed by atoms with Gasteiger partial charge in [0.05, 0.1) is 16.4 Å². The van der Waals surface area contributed by atoms with E-state index >= 15 is 0 Å². The number of halogens is 1. The molecule has 2 aliphatic carbocycles. The maximum Gasteiger partial charge on any atom is 0.291 e. The largest absolute Gasteiger partial charge is 0.388 e. The summed E-state index contributed by atoms with van der Waals surface area (Å²) in [5.41, 5.74) is 7.31. The van der Waals surface area contributed by atoms with E-state index in [1.807, 2.05) is 42.9 Å². The molecule has 2 aliphatic rings. The molecule has 2 N–H and O–H groups in total. The summed E-state index contributed by atoms with van der Waals surface area (Å²) in [7, 11) is 3.87. The highest BCUT2D eigenvalue weighted by Gasteiger charge is 2.53. The Kier molecular flexibility index (Phi) is 9.12. The van der Waals surface area contributed by atoms with Crippen molar-refractivity contribution in [2.45, 2.75) is 90.9 Å². The number of amides is 1. The highest BCUT2D eigenvalue weighted by Crippen LogP contribution is 2.62. The fourth-order valence-corrected chi connectivity index (χ4v) is 7.95. The van der Waals surface area contributed by atoms with E-state index in [-0.39, 0.29) is 11.3 Å². The zero-order valence-electron chi connectivity index (χ0n) is 25.6. The molecular weight excluding hydrogens is 544 g/mol. The van der Waals surface area contributed by atoms with Gasteiger partial charge < -0.3 is 20.0 Å². The first kappa shape index (κ1) is 30.3. The number of imidazole rings is 1. The highest BCUT2D eigenvalue weighted by atomic mass is 35.5. The normalized spacial score (nSPS) is 21.1. The van der Waals surface area contributed by atoms with E-state index in [0.717, 1.165) is 86.0 Å². The Hall–Kier alpha value is -3.12. The molecular formula is C35H45ClN4O2. The van der Waals surface area contributed by atoms with Crippen LogP contribution in [0.3, 0.4) is 0 Å². The Bertz CT molecular complexity index is 1450. The summed E-state index contributed by atoms with van der Waals surface area (Å²) in [6.45, 7) is 4.29. The van der Waals surface area contributed by atoms with E-state index in [1.165, 1.54) is 31.1 Å². The molecule has 1 amide bonds. The predicted octanol–water partition coefficient (Wildman–Crippen LogP) is 8.41. The Morgan fingerprint density at radius 3 is 2.38 bits per heavy atom. The smallest absolute Gasteiger partial charge is 0.291 e. The standard InChI is InChI=1S/C35H45ClN4O2/c1-5-11-30-28(14-7-8-17-34-18-20-35(22-34,23-41)21-19-34)38-32(40(30)4)33(42)39-29-16-10-13-26(31(29)36)25-12-9-15-27(37-3)24(25)6-2/h9-10,12-13,15-16,23,37H,5-8,11,14,17-22H2,1-4H3,(H,39,42). The number of nitrogens with one attached hydrogen (secondary N) is 2. The van der Waals surface area contributed by atoms with Gasteiger partial charge in [0, 0.05) is 36.5 Å². The van der Waals surface area contributed by atoms with Crippen LogP contribution in [-0.4, -0.2) is 28.8 Å². The second-order valence-electron chi connectivity index (χ2n) is 12.6. The third-order valence-corrected chi connectivity index (χ3v) is 10.4. The lowest BCUT2D eigenvalue weighted by Crippen LogP contribution is -2.18.